The summed E-state index contributed by atoms with van der Waals surface area (Å²) in [7, 11) is 1.82. The number of rotatable bonds is 2. The van der Waals surface area contributed by atoms with Gasteiger partial charge in [-0.3, -0.25) is 4.68 Å². The predicted molar refractivity (Wildman–Crippen MR) is 68.0 cm³/mol. The lowest BCUT2D eigenvalue weighted by atomic mass is 10.1. The summed E-state index contributed by atoms with van der Waals surface area (Å²) in [4.78, 5) is 0. The third-order valence-corrected chi connectivity index (χ3v) is 2.85. The van der Waals surface area contributed by atoms with Crippen molar-refractivity contribution in [1.82, 2.24) is 24.8 Å². The fraction of sp³-hybridized carbons (Fsp3) is 0.0833. The molecule has 18 heavy (non-hydrogen) atoms. The van der Waals surface area contributed by atoms with E-state index < -0.39 is 0 Å². The highest BCUT2D eigenvalue weighted by Gasteiger charge is 2.07. The van der Waals surface area contributed by atoms with E-state index in [9.17, 15) is 0 Å². The van der Waals surface area contributed by atoms with Crippen molar-refractivity contribution in [3.8, 4) is 16.8 Å². The van der Waals surface area contributed by atoms with Crippen LogP contribution >= 0.6 is 0 Å². The van der Waals surface area contributed by atoms with E-state index in [2.05, 4.69) is 15.4 Å². The van der Waals surface area contributed by atoms with Gasteiger partial charge in [-0.2, -0.15) is 5.10 Å². The van der Waals surface area contributed by atoms with Crippen molar-refractivity contribution in [3.05, 3.63) is 42.9 Å². The number of aromatic nitrogens is 5. The van der Waals surface area contributed by atoms with Crippen molar-refractivity contribution in [3.63, 3.8) is 0 Å². The van der Waals surface area contributed by atoms with E-state index in [1.54, 1.807) is 28.0 Å². The second kappa shape index (κ2) is 3.99. The number of aryl methyl sites for hydroxylation is 1. The Bertz CT molecular complexity index is 650. The Morgan fingerprint density at radius 1 is 1.17 bits per heavy atom. The summed E-state index contributed by atoms with van der Waals surface area (Å²) in [6.45, 7) is 0. The van der Waals surface area contributed by atoms with Crippen LogP contribution in [0.15, 0.2) is 42.9 Å². The molecule has 0 amide bonds. The maximum absolute atomic E-state index is 5.94. The van der Waals surface area contributed by atoms with Crippen LogP contribution in [0.5, 0.6) is 0 Å². The smallest absolute Gasteiger partial charge is 0.129 e. The second-order valence-corrected chi connectivity index (χ2v) is 3.96. The Morgan fingerprint density at radius 2 is 1.94 bits per heavy atom. The Hall–Kier alpha value is -2.63. The molecule has 1 aromatic carbocycles. The summed E-state index contributed by atoms with van der Waals surface area (Å²) in [6.07, 6.45) is 5.21. The Kier molecular flexibility index (Phi) is 2.33. The minimum Gasteiger partial charge on any atom is -0.383 e. The van der Waals surface area contributed by atoms with Crippen molar-refractivity contribution >= 4 is 5.82 Å². The summed E-state index contributed by atoms with van der Waals surface area (Å²) < 4.78 is 3.36. The average Bonchev–Trinajstić information content (AvgIpc) is 3.02. The van der Waals surface area contributed by atoms with Gasteiger partial charge in [0.15, 0.2) is 0 Å². The highest BCUT2D eigenvalue weighted by molar-refractivity contribution is 5.73. The number of nitrogens with zero attached hydrogens (tertiary/aromatic N) is 5. The van der Waals surface area contributed by atoms with Crippen LogP contribution in [0.25, 0.3) is 16.8 Å². The van der Waals surface area contributed by atoms with Gasteiger partial charge in [-0.1, -0.05) is 17.3 Å². The predicted octanol–water partition coefficient (Wildman–Crippen LogP) is 1.25. The normalized spacial score (nSPS) is 10.7. The molecular formula is C12H12N6. The van der Waals surface area contributed by atoms with Crippen molar-refractivity contribution in [2.45, 2.75) is 0 Å². The van der Waals surface area contributed by atoms with E-state index >= 15 is 0 Å². The van der Waals surface area contributed by atoms with E-state index in [1.807, 2.05) is 31.3 Å². The molecule has 0 spiro atoms. The number of hydrogen-bond donors (Lipinski definition) is 1. The summed E-state index contributed by atoms with van der Waals surface area (Å²) in [6, 6.07) is 7.92. The number of nitrogen functional groups attached to an aromatic ring is 1. The molecule has 2 aromatic heterocycles. The quantitative estimate of drug-likeness (QED) is 0.731. The molecule has 6 nitrogen and oxygen atoms in total. The first kappa shape index (κ1) is 10.5. The summed E-state index contributed by atoms with van der Waals surface area (Å²) >= 11 is 0. The molecule has 0 saturated carbocycles. The molecule has 0 saturated heterocycles. The minimum atomic E-state index is 0.656. The lowest BCUT2D eigenvalue weighted by Crippen LogP contribution is -1.98. The van der Waals surface area contributed by atoms with E-state index in [0.717, 1.165) is 16.8 Å². The molecular weight excluding hydrogens is 228 g/mol. The minimum absolute atomic E-state index is 0.656. The zero-order chi connectivity index (χ0) is 12.5. The van der Waals surface area contributed by atoms with E-state index in [0.29, 0.717) is 5.82 Å². The molecule has 2 heterocycles. The number of benzene rings is 1. The first-order chi connectivity index (χ1) is 8.75. The largest absolute Gasteiger partial charge is 0.383 e. The van der Waals surface area contributed by atoms with Crippen molar-refractivity contribution in [1.29, 1.82) is 0 Å². The maximum atomic E-state index is 5.94. The monoisotopic (exact) mass is 240 g/mol. The van der Waals surface area contributed by atoms with Crippen LogP contribution < -0.4 is 5.73 Å². The van der Waals surface area contributed by atoms with Gasteiger partial charge in [-0.25, -0.2) is 4.68 Å². The van der Waals surface area contributed by atoms with Crippen LogP contribution in [0.4, 0.5) is 5.82 Å². The molecule has 0 atom stereocenters. The molecule has 0 fully saturated rings. The van der Waals surface area contributed by atoms with Gasteiger partial charge >= 0.3 is 0 Å². The Balaban J connectivity index is 1.99. The van der Waals surface area contributed by atoms with Crippen molar-refractivity contribution in [2.24, 2.45) is 7.05 Å². The highest BCUT2D eigenvalue weighted by Crippen LogP contribution is 2.25. The Morgan fingerprint density at radius 3 is 2.50 bits per heavy atom. The van der Waals surface area contributed by atoms with Crippen LogP contribution in [-0.2, 0) is 7.05 Å². The number of hydrogen-bond acceptors (Lipinski definition) is 4. The first-order valence-corrected chi connectivity index (χ1v) is 5.50. The molecule has 0 radical (unpaired) electrons. The van der Waals surface area contributed by atoms with Crippen LogP contribution in [0.3, 0.4) is 0 Å². The number of nitrogens with two attached hydrogens (primary N) is 1. The zero-order valence-electron chi connectivity index (χ0n) is 9.85. The van der Waals surface area contributed by atoms with Crippen LogP contribution in [0.1, 0.15) is 0 Å². The Labute approximate surface area is 104 Å². The zero-order valence-corrected chi connectivity index (χ0v) is 9.85. The van der Waals surface area contributed by atoms with Gasteiger partial charge in [-0.15, -0.1) is 5.10 Å². The molecule has 0 aliphatic rings. The van der Waals surface area contributed by atoms with Gasteiger partial charge < -0.3 is 5.73 Å². The van der Waals surface area contributed by atoms with Crippen molar-refractivity contribution in [2.75, 3.05) is 5.73 Å². The summed E-state index contributed by atoms with van der Waals surface area (Å²) in [5.74, 6) is 0.656. The average molecular weight is 240 g/mol. The molecule has 0 unspecified atom stereocenters. The van der Waals surface area contributed by atoms with E-state index in [-0.39, 0.29) is 0 Å². The molecule has 0 bridgehead atoms. The van der Waals surface area contributed by atoms with E-state index in [1.165, 1.54) is 0 Å². The van der Waals surface area contributed by atoms with Gasteiger partial charge in [0.1, 0.15) is 5.82 Å². The topological polar surface area (TPSA) is 74.5 Å². The first-order valence-electron chi connectivity index (χ1n) is 5.50. The van der Waals surface area contributed by atoms with Crippen LogP contribution in [0, 0.1) is 0 Å². The van der Waals surface area contributed by atoms with Gasteiger partial charge in [-0.05, 0) is 17.7 Å². The van der Waals surface area contributed by atoms with Crippen LogP contribution in [-0.4, -0.2) is 24.8 Å². The lowest BCUT2D eigenvalue weighted by Gasteiger charge is -2.03. The van der Waals surface area contributed by atoms with Gasteiger partial charge in [0.05, 0.1) is 24.3 Å². The van der Waals surface area contributed by atoms with Gasteiger partial charge in [0, 0.05) is 12.6 Å². The van der Waals surface area contributed by atoms with Gasteiger partial charge in [0.25, 0.3) is 0 Å². The third kappa shape index (κ3) is 1.64. The molecule has 0 aliphatic heterocycles. The molecule has 3 rings (SSSR count). The standard InChI is InChI=1S/C12H12N6/c1-17-12(13)11(8-15-17)9-2-4-10(5-3-9)18-7-6-14-16-18/h2-8H,13H2,1H3. The molecule has 6 heteroatoms. The fourth-order valence-corrected chi connectivity index (χ4v) is 1.81. The lowest BCUT2D eigenvalue weighted by molar-refractivity contribution is 0.779. The summed E-state index contributed by atoms with van der Waals surface area (Å²) in [5.41, 5.74) is 8.86. The maximum Gasteiger partial charge on any atom is 0.129 e. The summed E-state index contributed by atoms with van der Waals surface area (Å²) in [5, 5.41) is 11.8. The SMILES string of the molecule is Cn1ncc(-c2ccc(-n3ccnn3)cc2)c1N. The van der Waals surface area contributed by atoms with E-state index in [4.69, 9.17) is 5.73 Å². The van der Waals surface area contributed by atoms with Crippen LogP contribution in [0.2, 0.25) is 0 Å². The van der Waals surface area contributed by atoms with Crippen molar-refractivity contribution < 1.29 is 0 Å². The molecule has 3 aromatic rings. The second-order valence-electron chi connectivity index (χ2n) is 3.96. The fourth-order valence-electron chi connectivity index (χ4n) is 1.81. The van der Waals surface area contributed by atoms with Gasteiger partial charge in [0.2, 0.25) is 0 Å². The number of anilines is 1. The highest BCUT2D eigenvalue weighted by atomic mass is 15.4. The molecule has 0 aliphatic carbocycles. The third-order valence-electron chi connectivity index (χ3n) is 2.85. The molecule has 2 N–H and O–H groups in total. The molecule has 90 valence electrons.